The average Bonchev–Trinajstić information content (AvgIpc) is 2.17. The molecule has 0 spiro atoms. The lowest BCUT2D eigenvalue weighted by Crippen LogP contribution is -2.19. The Bertz CT molecular complexity index is 260. The smallest absolute Gasteiger partial charge is 0.123 e. The Morgan fingerprint density at radius 2 is 1.77 bits per heavy atom. The zero-order chi connectivity index (χ0) is 9.84. The number of hydrogen-bond acceptors (Lipinski definition) is 2. The van der Waals surface area contributed by atoms with Crippen molar-refractivity contribution >= 4 is 0 Å². The summed E-state index contributed by atoms with van der Waals surface area (Å²) in [5.74, 6) is 5.01. The summed E-state index contributed by atoms with van der Waals surface area (Å²) in [6.45, 7) is 3.87. The third-order valence-corrected chi connectivity index (χ3v) is 2.31. The first kappa shape index (κ1) is 10.2. The van der Waals surface area contributed by atoms with Gasteiger partial charge >= 0.3 is 0 Å². The summed E-state index contributed by atoms with van der Waals surface area (Å²) < 4.78 is 12.6. The Hall–Kier alpha value is -0.930. The second-order valence-electron chi connectivity index (χ2n) is 3.18. The van der Waals surface area contributed by atoms with Gasteiger partial charge in [-0.15, -0.1) is 0 Å². The van der Waals surface area contributed by atoms with Crippen molar-refractivity contribution in [2.24, 2.45) is 5.90 Å². The van der Waals surface area contributed by atoms with Crippen LogP contribution in [-0.2, 0) is 4.84 Å². The second kappa shape index (κ2) is 4.35. The highest BCUT2D eigenvalue weighted by Crippen LogP contribution is 2.20. The number of nitrogens with two attached hydrogens (primary N) is 1. The molecule has 3 heteroatoms. The standard InChI is InChI=1S/C10H14FNO/c1-7(8(2)13-12)9-3-5-10(11)6-4-9/h3-8H,12H2,1-2H3. The zero-order valence-corrected chi connectivity index (χ0v) is 7.83. The van der Waals surface area contributed by atoms with Crippen LogP contribution in [0.1, 0.15) is 25.3 Å². The molecule has 1 rings (SSSR count). The fourth-order valence-electron chi connectivity index (χ4n) is 1.16. The van der Waals surface area contributed by atoms with Crippen molar-refractivity contribution in [2.75, 3.05) is 0 Å². The van der Waals surface area contributed by atoms with E-state index in [-0.39, 0.29) is 17.8 Å². The summed E-state index contributed by atoms with van der Waals surface area (Å²) in [5, 5.41) is 0. The molecule has 0 fully saturated rings. The summed E-state index contributed by atoms with van der Waals surface area (Å²) in [4.78, 5) is 4.70. The van der Waals surface area contributed by atoms with Gasteiger partial charge in [0.05, 0.1) is 6.10 Å². The molecule has 72 valence electrons. The summed E-state index contributed by atoms with van der Waals surface area (Å²) >= 11 is 0. The monoisotopic (exact) mass is 183 g/mol. The van der Waals surface area contributed by atoms with Gasteiger partial charge in [0, 0.05) is 5.92 Å². The molecule has 0 aromatic heterocycles. The maximum Gasteiger partial charge on any atom is 0.123 e. The minimum atomic E-state index is -0.225. The van der Waals surface area contributed by atoms with E-state index >= 15 is 0 Å². The molecular weight excluding hydrogens is 169 g/mol. The molecule has 0 saturated carbocycles. The van der Waals surface area contributed by atoms with E-state index in [0.717, 1.165) is 5.56 Å². The van der Waals surface area contributed by atoms with Gasteiger partial charge in [-0.25, -0.2) is 10.3 Å². The van der Waals surface area contributed by atoms with Crippen molar-refractivity contribution < 1.29 is 9.23 Å². The number of rotatable bonds is 3. The SMILES string of the molecule is CC(ON)C(C)c1ccc(F)cc1. The predicted molar refractivity (Wildman–Crippen MR) is 49.5 cm³/mol. The summed E-state index contributed by atoms with van der Waals surface area (Å²) in [5.41, 5.74) is 1.03. The van der Waals surface area contributed by atoms with Crippen LogP contribution >= 0.6 is 0 Å². The Morgan fingerprint density at radius 1 is 1.23 bits per heavy atom. The largest absolute Gasteiger partial charge is 0.301 e. The van der Waals surface area contributed by atoms with Crippen LogP contribution < -0.4 is 5.90 Å². The van der Waals surface area contributed by atoms with Crippen LogP contribution in [-0.4, -0.2) is 6.10 Å². The van der Waals surface area contributed by atoms with Crippen molar-refractivity contribution in [3.63, 3.8) is 0 Å². The summed E-state index contributed by atoms with van der Waals surface area (Å²) in [6, 6.07) is 6.37. The van der Waals surface area contributed by atoms with Crippen LogP contribution in [0.3, 0.4) is 0 Å². The lowest BCUT2D eigenvalue weighted by molar-refractivity contribution is 0.0508. The molecule has 2 unspecified atom stereocenters. The van der Waals surface area contributed by atoms with Gasteiger partial charge in [-0.1, -0.05) is 19.1 Å². The van der Waals surface area contributed by atoms with E-state index in [9.17, 15) is 4.39 Å². The number of halogens is 1. The fraction of sp³-hybridized carbons (Fsp3) is 0.400. The van der Waals surface area contributed by atoms with Crippen LogP contribution in [0.2, 0.25) is 0 Å². The van der Waals surface area contributed by atoms with Gasteiger partial charge in [-0.2, -0.15) is 0 Å². The van der Waals surface area contributed by atoms with Gasteiger partial charge in [-0.3, -0.25) is 0 Å². The average molecular weight is 183 g/mol. The molecule has 0 aliphatic carbocycles. The third kappa shape index (κ3) is 2.50. The van der Waals surface area contributed by atoms with Gasteiger partial charge in [0.1, 0.15) is 5.82 Å². The highest BCUT2D eigenvalue weighted by Gasteiger charge is 2.13. The predicted octanol–water partition coefficient (Wildman–Crippen LogP) is 2.21. The zero-order valence-electron chi connectivity index (χ0n) is 7.83. The molecular formula is C10H14FNO. The number of hydrogen-bond donors (Lipinski definition) is 1. The van der Waals surface area contributed by atoms with Gasteiger partial charge in [0.2, 0.25) is 0 Å². The quantitative estimate of drug-likeness (QED) is 0.729. The van der Waals surface area contributed by atoms with Crippen LogP contribution in [0.15, 0.2) is 24.3 Å². The second-order valence-corrected chi connectivity index (χ2v) is 3.18. The fourth-order valence-corrected chi connectivity index (χ4v) is 1.16. The molecule has 0 amide bonds. The van der Waals surface area contributed by atoms with E-state index in [2.05, 4.69) is 0 Å². The molecule has 2 N–H and O–H groups in total. The maximum absolute atomic E-state index is 12.6. The number of benzene rings is 1. The lowest BCUT2D eigenvalue weighted by Gasteiger charge is -2.17. The van der Waals surface area contributed by atoms with Crippen molar-refractivity contribution in [3.05, 3.63) is 35.6 Å². The highest BCUT2D eigenvalue weighted by atomic mass is 19.1. The van der Waals surface area contributed by atoms with Crippen molar-refractivity contribution in [1.82, 2.24) is 0 Å². The molecule has 0 aliphatic rings. The Morgan fingerprint density at radius 3 is 2.23 bits per heavy atom. The molecule has 0 radical (unpaired) electrons. The van der Waals surface area contributed by atoms with Crippen molar-refractivity contribution in [1.29, 1.82) is 0 Å². The minimum absolute atomic E-state index is 0.0644. The van der Waals surface area contributed by atoms with E-state index in [1.165, 1.54) is 12.1 Å². The van der Waals surface area contributed by atoms with E-state index < -0.39 is 0 Å². The molecule has 0 heterocycles. The topological polar surface area (TPSA) is 35.2 Å². The van der Waals surface area contributed by atoms with E-state index in [1.807, 2.05) is 13.8 Å². The van der Waals surface area contributed by atoms with E-state index in [4.69, 9.17) is 10.7 Å². The lowest BCUT2D eigenvalue weighted by atomic mass is 9.96. The molecule has 1 aromatic rings. The Balaban J connectivity index is 2.77. The first-order valence-electron chi connectivity index (χ1n) is 4.26. The molecule has 13 heavy (non-hydrogen) atoms. The van der Waals surface area contributed by atoms with Gasteiger partial charge in [0.25, 0.3) is 0 Å². The molecule has 0 bridgehead atoms. The first-order valence-corrected chi connectivity index (χ1v) is 4.26. The molecule has 1 aromatic carbocycles. The van der Waals surface area contributed by atoms with Gasteiger partial charge in [-0.05, 0) is 24.6 Å². The summed E-state index contributed by atoms with van der Waals surface area (Å²) in [7, 11) is 0. The molecule has 0 saturated heterocycles. The highest BCUT2D eigenvalue weighted by molar-refractivity contribution is 5.20. The van der Waals surface area contributed by atoms with E-state index in [0.29, 0.717) is 0 Å². The molecule has 0 aliphatic heterocycles. The van der Waals surface area contributed by atoms with Crippen LogP contribution in [0, 0.1) is 5.82 Å². The normalized spacial score (nSPS) is 15.4. The van der Waals surface area contributed by atoms with Crippen molar-refractivity contribution in [2.45, 2.75) is 25.9 Å². The van der Waals surface area contributed by atoms with E-state index in [1.54, 1.807) is 12.1 Å². The maximum atomic E-state index is 12.6. The van der Waals surface area contributed by atoms with Crippen LogP contribution in [0.4, 0.5) is 4.39 Å². The summed E-state index contributed by atoms with van der Waals surface area (Å²) in [6.07, 6.45) is -0.0644. The van der Waals surface area contributed by atoms with Crippen molar-refractivity contribution in [3.8, 4) is 0 Å². The molecule has 2 nitrogen and oxygen atoms in total. The third-order valence-electron chi connectivity index (χ3n) is 2.31. The Labute approximate surface area is 77.5 Å². The van der Waals surface area contributed by atoms with Crippen LogP contribution in [0.5, 0.6) is 0 Å². The Kier molecular flexibility index (Phi) is 3.39. The van der Waals surface area contributed by atoms with Crippen LogP contribution in [0.25, 0.3) is 0 Å². The van der Waals surface area contributed by atoms with Gasteiger partial charge < -0.3 is 4.84 Å². The minimum Gasteiger partial charge on any atom is -0.301 e. The van der Waals surface area contributed by atoms with Gasteiger partial charge in [0.15, 0.2) is 0 Å². The molecule has 2 atom stereocenters. The first-order chi connectivity index (χ1) is 6.15.